The zero-order chi connectivity index (χ0) is 13.9. The molecule has 0 aliphatic heterocycles. The Hall–Kier alpha value is -1.90. The van der Waals surface area contributed by atoms with Gasteiger partial charge in [0, 0.05) is 34.9 Å². The van der Waals surface area contributed by atoms with Crippen LogP contribution in [0.4, 0.5) is 0 Å². The molecule has 0 atom stereocenters. The standard InChI is InChI=1S/C17H15ClN2/c1-19-10-12-5-6-16(17(18)9-12)15-4-2-3-13-11-20-8-7-14(13)15/h2-9,11,19H,10H2,1H3. The van der Waals surface area contributed by atoms with Crippen molar-refractivity contribution >= 4 is 22.4 Å². The Bertz CT molecular complexity index is 748. The third kappa shape index (κ3) is 2.40. The van der Waals surface area contributed by atoms with Crippen LogP contribution in [0.25, 0.3) is 21.9 Å². The average Bonchev–Trinajstić information content (AvgIpc) is 2.47. The van der Waals surface area contributed by atoms with E-state index in [4.69, 9.17) is 11.6 Å². The molecule has 0 aliphatic carbocycles. The van der Waals surface area contributed by atoms with Crippen molar-refractivity contribution in [1.29, 1.82) is 0 Å². The van der Waals surface area contributed by atoms with E-state index in [0.29, 0.717) is 0 Å². The van der Waals surface area contributed by atoms with Crippen LogP contribution in [0.1, 0.15) is 5.56 Å². The highest BCUT2D eigenvalue weighted by atomic mass is 35.5. The highest BCUT2D eigenvalue weighted by molar-refractivity contribution is 6.33. The topological polar surface area (TPSA) is 24.9 Å². The number of nitrogens with one attached hydrogen (secondary N) is 1. The Morgan fingerprint density at radius 2 is 2.00 bits per heavy atom. The van der Waals surface area contributed by atoms with Crippen molar-refractivity contribution < 1.29 is 0 Å². The van der Waals surface area contributed by atoms with Crippen LogP contribution in [-0.2, 0) is 6.54 Å². The number of benzene rings is 2. The second-order valence-corrected chi connectivity index (χ2v) is 5.15. The number of fused-ring (bicyclic) bond motifs is 1. The Labute approximate surface area is 123 Å². The maximum Gasteiger partial charge on any atom is 0.0487 e. The molecule has 100 valence electrons. The van der Waals surface area contributed by atoms with Crippen molar-refractivity contribution in [2.24, 2.45) is 0 Å². The molecular weight excluding hydrogens is 268 g/mol. The van der Waals surface area contributed by atoms with Crippen LogP contribution in [0, 0.1) is 0 Å². The highest BCUT2D eigenvalue weighted by Gasteiger charge is 2.08. The molecular formula is C17H15ClN2. The molecule has 0 radical (unpaired) electrons. The quantitative estimate of drug-likeness (QED) is 0.776. The van der Waals surface area contributed by atoms with Gasteiger partial charge in [0.15, 0.2) is 0 Å². The minimum absolute atomic E-state index is 0.780. The van der Waals surface area contributed by atoms with Gasteiger partial charge >= 0.3 is 0 Å². The number of aromatic nitrogens is 1. The van der Waals surface area contributed by atoms with E-state index in [1.54, 1.807) is 0 Å². The molecule has 3 rings (SSSR count). The van der Waals surface area contributed by atoms with Gasteiger partial charge in [0.2, 0.25) is 0 Å². The van der Waals surface area contributed by atoms with Crippen LogP contribution < -0.4 is 5.32 Å². The molecule has 1 aromatic heterocycles. The van der Waals surface area contributed by atoms with Crippen molar-refractivity contribution in [2.45, 2.75) is 6.54 Å². The van der Waals surface area contributed by atoms with Crippen LogP contribution >= 0.6 is 11.6 Å². The summed E-state index contributed by atoms with van der Waals surface area (Å²) < 4.78 is 0. The molecule has 0 spiro atoms. The molecule has 20 heavy (non-hydrogen) atoms. The van der Waals surface area contributed by atoms with Gasteiger partial charge in [0.25, 0.3) is 0 Å². The summed E-state index contributed by atoms with van der Waals surface area (Å²) in [6.07, 6.45) is 3.69. The Morgan fingerprint density at radius 1 is 1.10 bits per heavy atom. The second-order valence-electron chi connectivity index (χ2n) is 4.75. The zero-order valence-electron chi connectivity index (χ0n) is 11.2. The molecule has 0 saturated carbocycles. The fourth-order valence-electron chi connectivity index (χ4n) is 2.45. The van der Waals surface area contributed by atoms with E-state index in [9.17, 15) is 0 Å². The molecule has 0 aliphatic rings. The molecule has 2 aromatic carbocycles. The lowest BCUT2D eigenvalue weighted by molar-refractivity contribution is 0.818. The van der Waals surface area contributed by atoms with E-state index in [-0.39, 0.29) is 0 Å². The van der Waals surface area contributed by atoms with Crippen LogP contribution in [0.3, 0.4) is 0 Å². The monoisotopic (exact) mass is 282 g/mol. The Balaban J connectivity index is 2.16. The van der Waals surface area contributed by atoms with E-state index in [1.165, 1.54) is 10.9 Å². The molecule has 1 heterocycles. The highest BCUT2D eigenvalue weighted by Crippen LogP contribution is 2.33. The van der Waals surface area contributed by atoms with Crippen LogP contribution in [0.2, 0.25) is 5.02 Å². The third-order valence-electron chi connectivity index (χ3n) is 3.39. The van der Waals surface area contributed by atoms with E-state index in [2.05, 4.69) is 34.6 Å². The molecule has 0 bridgehead atoms. The van der Waals surface area contributed by atoms with Crippen LogP contribution in [-0.4, -0.2) is 12.0 Å². The lowest BCUT2D eigenvalue weighted by atomic mass is 9.98. The van der Waals surface area contributed by atoms with Gasteiger partial charge < -0.3 is 5.32 Å². The predicted molar refractivity (Wildman–Crippen MR) is 85.0 cm³/mol. The summed E-state index contributed by atoms with van der Waals surface area (Å²) in [6.45, 7) is 0.819. The van der Waals surface area contributed by atoms with Gasteiger partial charge in [-0.25, -0.2) is 0 Å². The van der Waals surface area contributed by atoms with Crippen molar-refractivity contribution in [2.75, 3.05) is 7.05 Å². The van der Waals surface area contributed by atoms with Crippen molar-refractivity contribution in [3.63, 3.8) is 0 Å². The largest absolute Gasteiger partial charge is 0.316 e. The van der Waals surface area contributed by atoms with E-state index in [1.807, 2.05) is 37.6 Å². The van der Waals surface area contributed by atoms with Crippen LogP contribution in [0.15, 0.2) is 54.9 Å². The van der Waals surface area contributed by atoms with Crippen molar-refractivity contribution in [1.82, 2.24) is 10.3 Å². The SMILES string of the molecule is CNCc1ccc(-c2cccc3cnccc23)c(Cl)c1. The first-order chi connectivity index (χ1) is 9.79. The molecule has 2 nitrogen and oxygen atoms in total. The average molecular weight is 283 g/mol. The summed E-state index contributed by atoms with van der Waals surface area (Å²) >= 11 is 6.46. The normalized spacial score (nSPS) is 10.9. The number of rotatable bonds is 3. The molecule has 0 unspecified atom stereocenters. The number of pyridine rings is 1. The molecule has 3 heteroatoms. The summed E-state index contributed by atoms with van der Waals surface area (Å²) in [4.78, 5) is 4.17. The number of halogens is 1. The van der Waals surface area contributed by atoms with Gasteiger partial charge in [-0.2, -0.15) is 0 Å². The maximum atomic E-state index is 6.46. The third-order valence-corrected chi connectivity index (χ3v) is 3.70. The van der Waals surface area contributed by atoms with E-state index in [0.717, 1.165) is 28.1 Å². The summed E-state index contributed by atoms with van der Waals surface area (Å²) in [5.74, 6) is 0. The second kappa shape index (κ2) is 5.61. The predicted octanol–water partition coefficient (Wildman–Crippen LogP) is 4.27. The lowest BCUT2D eigenvalue weighted by Gasteiger charge is -2.10. The van der Waals surface area contributed by atoms with Gasteiger partial charge in [-0.3, -0.25) is 4.98 Å². The first kappa shape index (κ1) is 13.1. The molecule has 0 saturated heterocycles. The minimum Gasteiger partial charge on any atom is -0.316 e. The van der Waals surface area contributed by atoms with Gasteiger partial charge in [-0.1, -0.05) is 41.9 Å². The smallest absolute Gasteiger partial charge is 0.0487 e. The molecule has 1 N–H and O–H groups in total. The molecule has 0 amide bonds. The minimum atomic E-state index is 0.780. The fraction of sp³-hybridized carbons (Fsp3) is 0.118. The number of nitrogens with zero attached hydrogens (tertiary/aromatic N) is 1. The first-order valence-corrected chi connectivity index (χ1v) is 6.93. The summed E-state index contributed by atoms with van der Waals surface area (Å²) in [6, 6.07) is 14.4. The number of hydrogen-bond donors (Lipinski definition) is 1. The van der Waals surface area contributed by atoms with Gasteiger partial charge in [0.1, 0.15) is 0 Å². The van der Waals surface area contributed by atoms with Gasteiger partial charge in [-0.15, -0.1) is 0 Å². The number of hydrogen-bond acceptors (Lipinski definition) is 2. The first-order valence-electron chi connectivity index (χ1n) is 6.56. The Kier molecular flexibility index (Phi) is 3.68. The van der Waals surface area contributed by atoms with Gasteiger partial charge in [-0.05, 0) is 35.7 Å². The molecule has 3 aromatic rings. The maximum absolute atomic E-state index is 6.46. The van der Waals surface area contributed by atoms with Crippen molar-refractivity contribution in [3.8, 4) is 11.1 Å². The summed E-state index contributed by atoms with van der Waals surface area (Å²) in [5.41, 5.74) is 3.39. The fourth-order valence-corrected chi connectivity index (χ4v) is 2.75. The van der Waals surface area contributed by atoms with Crippen molar-refractivity contribution in [3.05, 3.63) is 65.4 Å². The zero-order valence-corrected chi connectivity index (χ0v) is 12.0. The summed E-state index contributed by atoms with van der Waals surface area (Å²) in [7, 11) is 1.93. The lowest BCUT2D eigenvalue weighted by Crippen LogP contribution is -2.04. The Morgan fingerprint density at radius 3 is 2.80 bits per heavy atom. The summed E-state index contributed by atoms with van der Waals surface area (Å²) in [5, 5.41) is 6.21. The van der Waals surface area contributed by atoms with E-state index >= 15 is 0 Å². The van der Waals surface area contributed by atoms with E-state index < -0.39 is 0 Å². The molecule has 0 fully saturated rings. The van der Waals surface area contributed by atoms with Crippen LogP contribution in [0.5, 0.6) is 0 Å². The van der Waals surface area contributed by atoms with Gasteiger partial charge in [0.05, 0.1) is 0 Å².